The lowest BCUT2D eigenvalue weighted by Crippen LogP contribution is -2.42. The molecule has 3 heterocycles. The zero-order chi connectivity index (χ0) is 33.0. The number of benzene rings is 2. The number of aliphatic hydroxyl groups is 2. The molecule has 1 atom stereocenters. The lowest BCUT2D eigenvalue weighted by molar-refractivity contribution is 0.0625. The fourth-order valence-electron chi connectivity index (χ4n) is 5.38. The Morgan fingerprint density at radius 1 is 1.04 bits per heavy atom. The summed E-state index contributed by atoms with van der Waals surface area (Å²) in [6.45, 7) is 2.15. The number of carbonyl (C=O) groups is 1. The summed E-state index contributed by atoms with van der Waals surface area (Å²) in [5.41, 5.74) is -3.52. The predicted octanol–water partition coefficient (Wildman–Crippen LogP) is 6.25. The molecule has 2 aromatic carbocycles. The van der Waals surface area contributed by atoms with Crippen LogP contribution in [0.4, 0.5) is 13.2 Å². The molecule has 0 aliphatic heterocycles. The third-order valence-corrected chi connectivity index (χ3v) is 8.37. The molecule has 3 N–H and O–H groups in total. The third-order valence-electron chi connectivity index (χ3n) is 8.08. The monoisotopic (exact) mass is 650 g/mol. The number of pyridine rings is 2. The molecule has 1 aliphatic rings. The van der Waals surface area contributed by atoms with Gasteiger partial charge >= 0.3 is 0 Å². The second kappa shape index (κ2) is 11.7. The Balaban J connectivity index is 1.44. The summed E-state index contributed by atoms with van der Waals surface area (Å²) >= 11 is 5.91. The smallest absolute Gasteiger partial charge is 0.251 e. The first kappa shape index (κ1) is 31.5. The van der Waals surface area contributed by atoms with Crippen molar-refractivity contribution < 1.29 is 32.9 Å². The van der Waals surface area contributed by atoms with Gasteiger partial charge in [-0.15, -0.1) is 0 Å². The normalized spacial score (nSPS) is 14.7. The van der Waals surface area contributed by atoms with Gasteiger partial charge in [0.1, 0.15) is 22.9 Å². The number of methoxy groups -OCH3 is 1. The maximum atomic E-state index is 15.9. The Hall–Kier alpha value is -4.45. The minimum Gasteiger partial charge on any atom is -0.481 e. The standard InChI is InChI=1S/C34H30ClF3N4O4/c1-33(2,44)23-15-28(40-31(30(23)38)22-14-24(35)26(37)16-25(22)36)34(45,20-7-5-4-6-8-20)17-39-32(43)19-11-21-13-27(18-9-10-18)41-42(21)29(12-19)46-3/h4-8,11-16,18,44-45H,9-10,17H2,1-3H3,(H,39,43)/t34-/m1/s1. The highest BCUT2D eigenvalue weighted by molar-refractivity contribution is 6.31. The quantitative estimate of drug-likeness (QED) is 0.163. The second-order valence-electron chi connectivity index (χ2n) is 11.9. The lowest BCUT2D eigenvalue weighted by atomic mass is 9.86. The van der Waals surface area contributed by atoms with E-state index in [0.717, 1.165) is 30.7 Å². The van der Waals surface area contributed by atoms with Gasteiger partial charge in [-0.1, -0.05) is 41.9 Å². The largest absolute Gasteiger partial charge is 0.481 e. The molecular formula is C34H30ClF3N4O4. The molecule has 0 unspecified atom stereocenters. The van der Waals surface area contributed by atoms with Crippen LogP contribution in [0.25, 0.3) is 16.8 Å². The molecule has 0 radical (unpaired) electrons. The van der Waals surface area contributed by atoms with Crippen molar-refractivity contribution in [3.8, 4) is 17.1 Å². The molecule has 0 spiro atoms. The van der Waals surface area contributed by atoms with Crippen molar-refractivity contribution in [2.24, 2.45) is 0 Å². The predicted molar refractivity (Wildman–Crippen MR) is 165 cm³/mol. The molecule has 238 valence electrons. The molecule has 8 nitrogen and oxygen atoms in total. The van der Waals surface area contributed by atoms with Crippen molar-refractivity contribution in [3.05, 3.63) is 117 Å². The van der Waals surface area contributed by atoms with Crippen LogP contribution in [0.3, 0.4) is 0 Å². The van der Waals surface area contributed by atoms with Crippen LogP contribution >= 0.6 is 11.6 Å². The van der Waals surface area contributed by atoms with Gasteiger partial charge in [0.05, 0.1) is 41.2 Å². The third kappa shape index (κ3) is 5.81. The topological polar surface area (TPSA) is 109 Å². The van der Waals surface area contributed by atoms with Gasteiger partial charge in [0.25, 0.3) is 5.91 Å². The number of fused-ring (bicyclic) bond motifs is 1. The van der Waals surface area contributed by atoms with Crippen LogP contribution < -0.4 is 10.1 Å². The van der Waals surface area contributed by atoms with E-state index in [1.54, 1.807) is 40.9 Å². The number of nitrogens with one attached hydrogen (secondary N) is 1. The Kier molecular flexibility index (Phi) is 8.04. The number of halogens is 4. The van der Waals surface area contributed by atoms with Crippen LogP contribution in [0, 0.1) is 17.5 Å². The van der Waals surface area contributed by atoms with Gasteiger partial charge in [-0.25, -0.2) is 22.7 Å². The fraction of sp³-hybridized carbons (Fsp3) is 0.265. The van der Waals surface area contributed by atoms with Crippen LogP contribution in [0.5, 0.6) is 5.88 Å². The number of rotatable bonds is 9. The van der Waals surface area contributed by atoms with E-state index in [4.69, 9.17) is 16.3 Å². The maximum absolute atomic E-state index is 15.9. The molecule has 1 saturated carbocycles. The number of carbonyl (C=O) groups excluding carboxylic acids is 1. The Morgan fingerprint density at radius 2 is 1.76 bits per heavy atom. The van der Waals surface area contributed by atoms with Crippen LogP contribution in [0.1, 0.15) is 65.5 Å². The van der Waals surface area contributed by atoms with Gasteiger partial charge in [-0.05, 0) is 56.5 Å². The SMILES string of the molecule is COc1cc(C(=O)NC[C@@](O)(c2ccccc2)c2cc(C(C)(C)O)c(F)c(-c3cc(Cl)c(F)cc3F)n2)cc2cc(C3CC3)nn12. The molecule has 3 aromatic heterocycles. The highest BCUT2D eigenvalue weighted by atomic mass is 35.5. The van der Waals surface area contributed by atoms with Crippen LogP contribution in [0.15, 0.2) is 66.7 Å². The van der Waals surface area contributed by atoms with Gasteiger partial charge in [-0.2, -0.15) is 5.10 Å². The van der Waals surface area contributed by atoms with Gasteiger partial charge in [0.2, 0.25) is 5.88 Å². The minimum absolute atomic E-state index is 0.217. The average Bonchev–Trinajstić information content (AvgIpc) is 3.79. The van der Waals surface area contributed by atoms with Gasteiger partial charge < -0.3 is 20.3 Å². The number of ether oxygens (including phenoxy) is 1. The molecule has 1 amide bonds. The summed E-state index contributed by atoms with van der Waals surface area (Å²) in [5.74, 6) is -3.15. The van der Waals surface area contributed by atoms with E-state index in [1.165, 1.54) is 27.0 Å². The molecule has 0 bridgehead atoms. The number of amides is 1. The van der Waals surface area contributed by atoms with Gasteiger partial charge in [-0.3, -0.25) is 4.79 Å². The number of hydrogen-bond acceptors (Lipinski definition) is 6. The summed E-state index contributed by atoms with van der Waals surface area (Å²) < 4.78 is 52.1. The zero-order valence-electron chi connectivity index (χ0n) is 25.1. The maximum Gasteiger partial charge on any atom is 0.251 e. The van der Waals surface area contributed by atoms with E-state index in [0.29, 0.717) is 23.4 Å². The first-order valence-electron chi connectivity index (χ1n) is 14.5. The number of nitrogens with zero attached hydrogens (tertiary/aromatic N) is 3. The van der Waals surface area contributed by atoms with E-state index in [-0.39, 0.29) is 22.4 Å². The Morgan fingerprint density at radius 3 is 2.41 bits per heavy atom. The second-order valence-corrected chi connectivity index (χ2v) is 12.3. The molecule has 12 heteroatoms. The summed E-state index contributed by atoms with van der Waals surface area (Å²) in [5, 5.41) is 30.1. The Labute approximate surface area is 267 Å². The van der Waals surface area contributed by atoms with Crippen LogP contribution in [-0.2, 0) is 11.2 Å². The van der Waals surface area contributed by atoms with Gasteiger partial charge in [0.15, 0.2) is 5.82 Å². The van der Waals surface area contributed by atoms with E-state index >= 15 is 8.78 Å². The van der Waals surface area contributed by atoms with E-state index in [2.05, 4.69) is 15.4 Å². The number of hydrogen-bond donors (Lipinski definition) is 3. The highest BCUT2D eigenvalue weighted by Gasteiger charge is 2.38. The van der Waals surface area contributed by atoms with Crippen molar-refractivity contribution in [2.75, 3.05) is 13.7 Å². The van der Waals surface area contributed by atoms with Gasteiger partial charge in [0, 0.05) is 34.7 Å². The highest BCUT2D eigenvalue weighted by Crippen LogP contribution is 2.40. The summed E-state index contributed by atoms with van der Waals surface area (Å²) in [4.78, 5) is 17.9. The summed E-state index contributed by atoms with van der Waals surface area (Å²) in [6.07, 6.45) is 2.10. The lowest BCUT2D eigenvalue weighted by Gasteiger charge is -2.31. The summed E-state index contributed by atoms with van der Waals surface area (Å²) in [7, 11) is 1.47. The zero-order valence-corrected chi connectivity index (χ0v) is 25.9. The van der Waals surface area contributed by atoms with E-state index in [1.807, 2.05) is 6.07 Å². The molecule has 5 aromatic rings. The first-order valence-corrected chi connectivity index (χ1v) is 14.9. The van der Waals surface area contributed by atoms with Crippen molar-refractivity contribution >= 4 is 23.0 Å². The Bertz CT molecular complexity index is 1980. The molecular weight excluding hydrogens is 621 g/mol. The van der Waals surface area contributed by atoms with E-state index < -0.39 is 57.4 Å². The van der Waals surface area contributed by atoms with Crippen molar-refractivity contribution in [1.29, 1.82) is 0 Å². The molecule has 1 fully saturated rings. The molecule has 46 heavy (non-hydrogen) atoms. The van der Waals surface area contributed by atoms with Crippen LogP contribution in [-0.4, -0.2) is 44.4 Å². The minimum atomic E-state index is -2.12. The van der Waals surface area contributed by atoms with E-state index in [9.17, 15) is 19.4 Å². The van der Waals surface area contributed by atoms with Crippen molar-refractivity contribution in [2.45, 2.75) is 43.8 Å². The summed E-state index contributed by atoms with van der Waals surface area (Å²) in [6, 6.07) is 15.8. The van der Waals surface area contributed by atoms with Crippen molar-refractivity contribution in [3.63, 3.8) is 0 Å². The van der Waals surface area contributed by atoms with Crippen molar-refractivity contribution in [1.82, 2.24) is 19.9 Å². The number of aromatic nitrogens is 3. The van der Waals surface area contributed by atoms with Crippen LogP contribution in [0.2, 0.25) is 5.02 Å². The molecule has 6 rings (SSSR count). The molecule has 1 aliphatic carbocycles. The molecule has 0 saturated heterocycles. The fourth-order valence-corrected chi connectivity index (χ4v) is 5.54. The average molecular weight is 651 g/mol. The first-order chi connectivity index (χ1) is 21.8.